The van der Waals surface area contributed by atoms with Crippen LogP contribution in [0.2, 0.25) is 0 Å². The molecule has 2 aromatic heterocycles. The molecule has 101 heavy (non-hydrogen) atoms. The Morgan fingerprint density at radius 1 is 0.634 bits per heavy atom. The van der Waals surface area contributed by atoms with E-state index in [1.165, 1.54) is 39.3 Å². The van der Waals surface area contributed by atoms with Crippen LogP contribution in [0.25, 0.3) is 10.9 Å². The van der Waals surface area contributed by atoms with Crippen LogP contribution in [0.3, 0.4) is 0 Å². The summed E-state index contributed by atoms with van der Waals surface area (Å²) in [4.78, 5) is 140. The molecule has 2 atom stereocenters. The van der Waals surface area contributed by atoms with E-state index in [-0.39, 0.29) is 197 Å². The minimum atomic E-state index is -4.48. The van der Waals surface area contributed by atoms with Gasteiger partial charge in [-0.15, -0.1) is 0 Å². The van der Waals surface area contributed by atoms with Crippen molar-refractivity contribution in [2.45, 2.75) is 83.3 Å². The van der Waals surface area contributed by atoms with Crippen molar-refractivity contribution in [2.75, 3.05) is 170 Å². The van der Waals surface area contributed by atoms with E-state index >= 15 is 0 Å². The van der Waals surface area contributed by atoms with Gasteiger partial charge in [0.05, 0.1) is 76.2 Å². The number of sulfonamides is 1. The van der Waals surface area contributed by atoms with E-state index in [0.29, 0.717) is 62.8 Å². The van der Waals surface area contributed by atoms with Crippen LogP contribution in [-0.4, -0.2) is 293 Å². The molecule has 4 aromatic rings. The van der Waals surface area contributed by atoms with Crippen molar-refractivity contribution in [1.29, 1.82) is 0 Å². The molecule has 0 saturated carbocycles. The number of nitrogens with zero attached hydrogens (tertiary/aromatic N) is 6. The molecule has 12 N–H and O–H groups in total. The highest BCUT2D eigenvalue weighted by molar-refractivity contribution is 7.89. The number of carboxylic acid groups (broad SMARTS) is 4. The molecule has 1 fully saturated rings. The maximum absolute atomic E-state index is 13.7. The molecule has 5 amide bonds. The number of anilines is 1. The summed E-state index contributed by atoms with van der Waals surface area (Å²) in [5, 5.41) is 55.4. The lowest BCUT2D eigenvalue weighted by atomic mass is 10.1. The first kappa shape index (κ1) is 84.7. The van der Waals surface area contributed by atoms with Crippen LogP contribution in [-0.2, 0) is 80.9 Å². The van der Waals surface area contributed by atoms with Gasteiger partial charge >= 0.3 is 23.9 Å². The van der Waals surface area contributed by atoms with Gasteiger partial charge in [0.2, 0.25) is 39.1 Å². The number of ether oxygens (including phenoxy) is 5. The number of imidazole rings is 1. The number of carboxylic acids is 4. The monoisotopic (exact) mass is 1440 g/mol. The smallest absolute Gasteiger partial charge is 0.323 e. The van der Waals surface area contributed by atoms with Crippen molar-refractivity contribution in [3.8, 4) is 5.75 Å². The summed E-state index contributed by atoms with van der Waals surface area (Å²) in [6.45, 7) is 6.02. The van der Waals surface area contributed by atoms with Crippen LogP contribution in [0.4, 0.5) is 5.95 Å². The Kier molecular flexibility index (Phi) is 37.9. The van der Waals surface area contributed by atoms with Crippen molar-refractivity contribution in [1.82, 2.24) is 65.4 Å². The molecule has 1 aliphatic rings. The van der Waals surface area contributed by atoms with Crippen molar-refractivity contribution in [3.63, 3.8) is 0 Å². The summed E-state index contributed by atoms with van der Waals surface area (Å²) in [6, 6.07) is 5.14. The van der Waals surface area contributed by atoms with E-state index in [9.17, 15) is 76.8 Å². The topological polar surface area (TPSA) is 463 Å². The number of rotatable bonds is 45. The number of fused-ring (bicyclic) bond motifs is 1. The molecule has 36 heteroatoms. The third-order valence-electron chi connectivity index (χ3n) is 15.6. The fourth-order valence-electron chi connectivity index (χ4n) is 10.6. The van der Waals surface area contributed by atoms with Gasteiger partial charge in [-0.1, -0.05) is 13.5 Å². The highest BCUT2D eigenvalue weighted by Crippen LogP contribution is 2.26. The van der Waals surface area contributed by atoms with E-state index < -0.39 is 75.7 Å². The predicted molar refractivity (Wildman–Crippen MR) is 369 cm³/mol. The molecule has 0 aliphatic carbocycles. The Hall–Kier alpha value is -8.72. The lowest BCUT2D eigenvalue weighted by Gasteiger charge is -2.33. The van der Waals surface area contributed by atoms with Gasteiger partial charge in [-0.2, -0.15) is 4.72 Å². The van der Waals surface area contributed by atoms with Gasteiger partial charge in [0.15, 0.2) is 5.95 Å². The average molecular weight is 1450 g/mol. The van der Waals surface area contributed by atoms with Gasteiger partial charge < -0.3 is 85.6 Å². The van der Waals surface area contributed by atoms with E-state index in [0.717, 1.165) is 5.56 Å². The summed E-state index contributed by atoms with van der Waals surface area (Å²) in [6.07, 6.45) is 5.91. The van der Waals surface area contributed by atoms with E-state index in [4.69, 9.17) is 23.7 Å². The number of nitrogens with one attached hydrogen (secondary N) is 8. The first-order valence-corrected chi connectivity index (χ1v) is 34.3. The standard InChI is InChI=1S/C64H96N14O21S.CH4/c1-44-34-47(35-45(2)60(44)100(93,94)73-51(63(91)92)38-70-61(89)49-39-74(3)52-36-46(9-10-48(52)59(49)88)37-71-64-68-15-16-69-64)99-28-5-8-53(79)65-13-6-26-96-30-32-98-33-31-97-27-7-14-67-62(90)50(11-12-54(80)66-17-29-95-4)72-55(81)40-75-18-20-76(41-56(82)83)22-24-78(43-58(86)87)25-23-77(21-19-75)42-57(84)85;/h9-10,15-16,34-36,39,50-51,73H,5-8,11-14,17-33,37-38,40-43H2,1-4H3,(H,65,79)(H,66,80)(H,67,90)(H,70,89)(H,72,81)(H,82,83)(H,84,85)(H,86,87)(H,91,92)(H2,68,69,71);1H4/t50-,51+;/m1./s1. The number of amides is 5. The molecule has 35 nitrogen and oxygen atoms in total. The minimum Gasteiger partial charge on any atom is -0.494 e. The first-order valence-electron chi connectivity index (χ1n) is 32.8. The van der Waals surface area contributed by atoms with Gasteiger partial charge in [-0.05, 0) is 80.5 Å². The Balaban J connectivity index is 0.0000216. The second-order valence-electron chi connectivity index (χ2n) is 23.7. The molecule has 0 radical (unpaired) electrons. The second-order valence-corrected chi connectivity index (χ2v) is 25.3. The van der Waals surface area contributed by atoms with Gasteiger partial charge in [0, 0.05) is 149 Å². The lowest BCUT2D eigenvalue weighted by molar-refractivity contribution is -0.140. The molecule has 5 rings (SSSR count). The highest BCUT2D eigenvalue weighted by Gasteiger charge is 2.30. The molecular weight excluding hydrogens is 1340 g/mol. The first-order chi connectivity index (χ1) is 47.8. The number of aliphatic carboxylic acids is 4. The largest absolute Gasteiger partial charge is 0.494 e. The molecule has 3 heterocycles. The van der Waals surface area contributed by atoms with Gasteiger partial charge in [0.1, 0.15) is 23.4 Å². The number of H-pyrrole nitrogens is 1. The number of pyridine rings is 1. The summed E-state index contributed by atoms with van der Waals surface area (Å²) in [5.41, 5.74) is 1.03. The van der Waals surface area contributed by atoms with Gasteiger partial charge in [0.25, 0.3) is 5.91 Å². The van der Waals surface area contributed by atoms with Crippen molar-refractivity contribution in [3.05, 3.63) is 81.4 Å². The zero-order valence-electron chi connectivity index (χ0n) is 57.0. The highest BCUT2D eigenvalue weighted by atomic mass is 32.2. The number of hydrogen-bond acceptors (Lipinski definition) is 23. The van der Waals surface area contributed by atoms with Crippen LogP contribution < -0.4 is 46.8 Å². The summed E-state index contributed by atoms with van der Waals surface area (Å²) >= 11 is 0. The van der Waals surface area contributed by atoms with Gasteiger partial charge in [-0.25, -0.2) is 13.4 Å². The Labute approximate surface area is 586 Å². The molecular formula is C65H100N14O21S. The predicted octanol–water partition coefficient (Wildman–Crippen LogP) is -0.987. The minimum absolute atomic E-state index is 0. The molecule has 1 saturated heterocycles. The number of aromatic nitrogens is 3. The Bertz CT molecular complexity index is 3450. The molecule has 562 valence electrons. The maximum Gasteiger partial charge on any atom is 0.323 e. The van der Waals surface area contributed by atoms with E-state index in [2.05, 4.69) is 46.6 Å². The van der Waals surface area contributed by atoms with E-state index in [1.807, 2.05) is 0 Å². The molecule has 0 bridgehead atoms. The molecule has 0 spiro atoms. The van der Waals surface area contributed by atoms with Gasteiger partial charge in [-0.3, -0.25) is 67.5 Å². The normalized spacial score (nSPS) is 14.3. The lowest BCUT2D eigenvalue weighted by Crippen LogP contribution is -2.52. The van der Waals surface area contributed by atoms with E-state index in [1.54, 1.807) is 61.8 Å². The zero-order valence-corrected chi connectivity index (χ0v) is 57.8. The Morgan fingerprint density at radius 2 is 1.17 bits per heavy atom. The number of carbonyl (C=O) groups excluding carboxylic acids is 5. The number of aryl methyl sites for hydroxylation is 3. The molecule has 2 aromatic carbocycles. The molecule has 0 unspecified atom stereocenters. The van der Waals surface area contributed by atoms with Crippen molar-refractivity contribution in [2.24, 2.45) is 7.05 Å². The van der Waals surface area contributed by atoms with Crippen LogP contribution in [0.15, 0.2) is 58.6 Å². The fourth-order valence-corrected chi connectivity index (χ4v) is 12.2. The maximum atomic E-state index is 13.7. The number of carbonyl (C=O) groups is 9. The second kappa shape index (κ2) is 45.2. The van der Waals surface area contributed by atoms with Crippen LogP contribution in [0.5, 0.6) is 5.75 Å². The quantitative estimate of drug-likeness (QED) is 0.0237. The van der Waals surface area contributed by atoms with Crippen molar-refractivity contribution < 1.29 is 95.7 Å². The average Bonchev–Trinajstić information content (AvgIpc) is 1.01. The Morgan fingerprint density at radius 3 is 1.70 bits per heavy atom. The number of aromatic amines is 1. The number of methoxy groups -OCH3 is 1. The summed E-state index contributed by atoms with van der Waals surface area (Å²) in [5.74, 6) is -6.48. The fraction of sp³-hybridized carbons (Fsp3) is 0.585. The molecule has 1 aliphatic heterocycles. The third kappa shape index (κ3) is 31.8. The summed E-state index contributed by atoms with van der Waals surface area (Å²) < 4.78 is 58.7. The SMILES string of the molecule is C.COCCNC(=O)CC[C@@H](NC(=O)CN1CCN(CC(=O)O)CCN(CC(=O)O)CCN(CC(=O)O)CC1)C(=O)NCCCOCCOCCOCCCNC(=O)CCCOc1cc(C)c(S(=O)(=O)N[C@@H](CNC(=O)c2cn(C)c3cc(CNc4ncc[nH]4)ccc3c2=O)C(=O)O)c(C)c1. The van der Waals surface area contributed by atoms with Crippen LogP contribution in [0.1, 0.15) is 73.0 Å². The van der Waals surface area contributed by atoms with Crippen molar-refractivity contribution >= 4 is 80.3 Å². The number of hydrogen-bond donors (Lipinski definition) is 12. The number of benzene rings is 2. The van der Waals surface area contributed by atoms with Crippen LogP contribution >= 0.6 is 0 Å². The summed E-state index contributed by atoms with van der Waals surface area (Å²) in [7, 11) is -1.34. The van der Waals surface area contributed by atoms with Crippen LogP contribution in [0, 0.1) is 13.8 Å². The third-order valence-corrected chi connectivity index (χ3v) is 17.4. The zero-order chi connectivity index (χ0) is 73.0.